The van der Waals surface area contributed by atoms with E-state index in [1.54, 1.807) is 30.6 Å². The highest BCUT2D eigenvalue weighted by atomic mass is 19.1. The standard InChI is InChI=1S/C24H28FN7O2/c1-23-7-8-24(2,31-23)21(25)17(11-23)32(3)19-13-26-22(30-28-19)16-6-5-14(9-18(16)33)15-10-20(34-4)29-27-12-15/h5-6,9-10,12-13,17,21,31,33H,7-8,11H2,1-4H3/t17-,21-,23-,24+/m1/s1. The summed E-state index contributed by atoms with van der Waals surface area (Å²) < 4.78 is 20.5. The fourth-order valence-corrected chi connectivity index (χ4v) is 5.26. The number of hydrogen-bond donors (Lipinski definition) is 2. The maximum atomic E-state index is 15.4. The number of aromatic hydroxyl groups is 1. The Labute approximate surface area is 197 Å². The Hall–Kier alpha value is -3.40. The number of aromatic nitrogens is 5. The number of piperidine rings is 1. The summed E-state index contributed by atoms with van der Waals surface area (Å²) in [5.41, 5.74) is 1.33. The highest BCUT2D eigenvalue weighted by Gasteiger charge is 2.56. The number of nitrogens with zero attached hydrogens (tertiary/aromatic N) is 6. The number of fused-ring (bicyclic) bond motifs is 2. The first-order chi connectivity index (χ1) is 16.2. The quantitative estimate of drug-likeness (QED) is 0.587. The van der Waals surface area contributed by atoms with Gasteiger partial charge in [-0.05, 0) is 50.8 Å². The predicted octanol–water partition coefficient (Wildman–Crippen LogP) is 3.16. The van der Waals surface area contributed by atoms with Gasteiger partial charge >= 0.3 is 0 Å². The Kier molecular flexibility index (Phi) is 5.35. The molecule has 3 aromatic rings. The highest BCUT2D eigenvalue weighted by molar-refractivity contribution is 5.72. The van der Waals surface area contributed by atoms with Gasteiger partial charge < -0.3 is 20.1 Å². The lowest BCUT2D eigenvalue weighted by atomic mass is 9.82. The first-order valence-electron chi connectivity index (χ1n) is 11.3. The normalized spacial score (nSPS) is 28.0. The zero-order chi connectivity index (χ0) is 24.1. The number of hydrogen-bond acceptors (Lipinski definition) is 9. The number of phenolic OH excluding ortho intramolecular Hbond substituents is 1. The van der Waals surface area contributed by atoms with Crippen LogP contribution in [0.4, 0.5) is 10.2 Å². The lowest BCUT2D eigenvalue weighted by Crippen LogP contribution is -2.65. The molecule has 2 fully saturated rings. The van der Waals surface area contributed by atoms with E-state index < -0.39 is 11.7 Å². The summed E-state index contributed by atoms with van der Waals surface area (Å²) in [5, 5.41) is 30.4. The average molecular weight is 466 g/mol. The Morgan fingerprint density at radius 2 is 1.94 bits per heavy atom. The lowest BCUT2D eigenvalue weighted by molar-refractivity contribution is 0.0859. The van der Waals surface area contributed by atoms with Crippen molar-refractivity contribution >= 4 is 5.82 Å². The van der Waals surface area contributed by atoms with Crippen molar-refractivity contribution in [2.75, 3.05) is 19.1 Å². The molecule has 0 unspecified atom stereocenters. The van der Waals surface area contributed by atoms with Crippen LogP contribution >= 0.6 is 0 Å². The molecule has 10 heteroatoms. The molecule has 2 bridgehead atoms. The maximum Gasteiger partial charge on any atom is 0.233 e. The molecule has 0 aliphatic carbocycles. The zero-order valence-electron chi connectivity index (χ0n) is 19.7. The third kappa shape index (κ3) is 3.81. The topological polar surface area (TPSA) is 109 Å². The summed E-state index contributed by atoms with van der Waals surface area (Å²) in [6.07, 6.45) is 4.58. The molecule has 0 amide bonds. The minimum atomic E-state index is -1.03. The van der Waals surface area contributed by atoms with E-state index >= 15 is 4.39 Å². The molecule has 2 aliphatic heterocycles. The maximum absolute atomic E-state index is 15.4. The molecular weight excluding hydrogens is 437 g/mol. The summed E-state index contributed by atoms with van der Waals surface area (Å²) in [6.45, 7) is 4.11. The molecule has 0 spiro atoms. The number of nitrogens with one attached hydrogen (secondary N) is 1. The smallest absolute Gasteiger partial charge is 0.233 e. The monoisotopic (exact) mass is 465 g/mol. The summed E-state index contributed by atoms with van der Waals surface area (Å²) in [6, 6.07) is 6.57. The molecule has 9 nitrogen and oxygen atoms in total. The van der Waals surface area contributed by atoms with Crippen molar-refractivity contribution < 1.29 is 14.2 Å². The molecule has 5 rings (SSSR count). The molecule has 4 atom stereocenters. The first-order valence-corrected chi connectivity index (χ1v) is 11.3. The molecule has 2 N–H and O–H groups in total. The third-order valence-corrected chi connectivity index (χ3v) is 7.21. The molecule has 178 valence electrons. The number of ether oxygens (including phenoxy) is 1. The van der Waals surface area contributed by atoms with Crippen molar-refractivity contribution in [3.63, 3.8) is 0 Å². The third-order valence-electron chi connectivity index (χ3n) is 7.21. The Bertz CT molecular complexity index is 1210. The van der Waals surface area contributed by atoms with Crippen LogP contribution in [0, 0.1) is 0 Å². The van der Waals surface area contributed by atoms with Crippen LogP contribution in [0.5, 0.6) is 11.6 Å². The van der Waals surface area contributed by atoms with Gasteiger partial charge in [-0.2, -0.15) is 5.10 Å². The minimum Gasteiger partial charge on any atom is -0.507 e. The largest absolute Gasteiger partial charge is 0.507 e. The number of halogens is 1. The second-order valence-corrected chi connectivity index (χ2v) is 9.75. The van der Waals surface area contributed by atoms with Crippen LogP contribution in [0.25, 0.3) is 22.5 Å². The number of anilines is 1. The van der Waals surface area contributed by atoms with E-state index in [2.05, 4.69) is 37.6 Å². The van der Waals surface area contributed by atoms with Gasteiger partial charge in [0.05, 0.1) is 31.1 Å². The molecule has 34 heavy (non-hydrogen) atoms. The second-order valence-electron chi connectivity index (χ2n) is 9.75. The van der Waals surface area contributed by atoms with E-state index in [-0.39, 0.29) is 23.2 Å². The molecule has 2 aromatic heterocycles. The van der Waals surface area contributed by atoms with E-state index in [4.69, 9.17) is 4.74 Å². The van der Waals surface area contributed by atoms with Gasteiger partial charge in [0.15, 0.2) is 11.6 Å². The molecule has 4 heterocycles. The van der Waals surface area contributed by atoms with Gasteiger partial charge in [-0.1, -0.05) is 6.07 Å². The Morgan fingerprint density at radius 1 is 1.12 bits per heavy atom. The molecular formula is C24H28FN7O2. The van der Waals surface area contributed by atoms with Crippen LogP contribution in [0.15, 0.2) is 36.7 Å². The summed E-state index contributed by atoms with van der Waals surface area (Å²) in [5.74, 6) is 1.17. The van der Waals surface area contributed by atoms with E-state index in [9.17, 15) is 5.11 Å². The van der Waals surface area contributed by atoms with E-state index in [0.29, 0.717) is 23.7 Å². The average Bonchev–Trinajstić information content (AvgIpc) is 3.12. The summed E-state index contributed by atoms with van der Waals surface area (Å²) >= 11 is 0. The summed E-state index contributed by atoms with van der Waals surface area (Å²) in [4.78, 5) is 6.25. The molecule has 0 radical (unpaired) electrons. The van der Waals surface area contributed by atoms with E-state index in [0.717, 1.165) is 24.0 Å². The van der Waals surface area contributed by atoms with Crippen molar-refractivity contribution in [3.05, 3.63) is 36.7 Å². The minimum absolute atomic E-state index is 0.00999. The number of methoxy groups -OCH3 is 1. The summed E-state index contributed by atoms with van der Waals surface area (Å²) in [7, 11) is 3.35. The van der Waals surface area contributed by atoms with Crippen molar-refractivity contribution in [2.45, 2.75) is 56.4 Å². The molecule has 0 saturated carbocycles. The van der Waals surface area contributed by atoms with E-state index in [1.807, 2.05) is 24.9 Å². The van der Waals surface area contributed by atoms with Crippen molar-refractivity contribution in [2.24, 2.45) is 0 Å². The van der Waals surface area contributed by atoms with Crippen LogP contribution in [-0.4, -0.2) is 67.9 Å². The fourth-order valence-electron chi connectivity index (χ4n) is 5.26. The second kappa shape index (κ2) is 8.12. The van der Waals surface area contributed by atoms with Gasteiger partial charge in [-0.15, -0.1) is 15.3 Å². The molecule has 2 aliphatic rings. The van der Waals surface area contributed by atoms with Crippen LogP contribution in [0.3, 0.4) is 0 Å². The fraction of sp³-hybridized carbons (Fsp3) is 0.458. The van der Waals surface area contributed by atoms with Gasteiger partial charge in [0.1, 0.15) is 11.9 Å². The number of benzene rings is 1. The van der Waals surface area contributed by atoms with Gasteiger partial charge in [0.25, 0.3) is 0 Å². The van der Waals surface area contributed by atoms with Gasteiger partial charge in [0, 0.05) is 29.8 Å². The van der Waals surface area contributed by atoms with Crippen molar-refractivity contribution in [1.82, 2.24) is 30.7 Å². The highest BCUT2D eigenvalue weighted by Crippen LogP contribution is 2.45. The van der Waals surface area contributed by atoms with Crippen LogP contribution < -0.4 is 15.0 Å². The van der Waals surface area contributed by atoms with Crippen molar-refractivity contribution in [1.29, 1.82) is 0 Å². The number of phenols is 1. The van der Waals surface area contributed by atoms with Gasteiger partial charge in [0.2, 0.25) is 5.88 Å². The Balaban J connectivity index is 1.37. The van der Waals surface area contributed by atoms with Crippen LogP contribution in [-0.2, 0) is 0 Å². The Morgan fingerprint density at radius 3 is 2.65 bits per heavy atom. The van der Waals surface area contributed by atoms with Crippen LogP contribution in [0.1, 0.15) is 33.1 Å². The van der Waals surface area contributed by atoms with Gasteiger partial charge in [-0.25, -0.2) is 9.37 Å². The lowest BCUT2D eigenvalue weighted by Gasteiger charge is -2.47. The molecule has 1 aromatic carbocycles. The SMILES string of the molecule is COc1cc(-c2ccc(-c3ncc(N(C)[C@@H]4C[C@@]5(C)CC[C@](C)(N5)[C@@H]4F)nn3)c(O)c2)cnn1. The van der Waals surface area contributed by atoms with Gasteiger partial charge in [-0.3, -0.25) is 0 Å². The zero-order valence-corrected chi connectivity index (χ0v) is 19.7. The van der Waals surface area contributed by atoms with E-state index in [1.165, 1.54) is 7.11 Å². The van der Waals surface area contributed by atoms with Crippen molar-refractivity contribution in [3.8, 4) is 34.1 Å². The predicted molar refractivity (Wildman–Crippen MR) is 125 cm³/mol. The molecule has 2 saturated heterocycles. The number of alkyl halides is 1. The van der Waals surface area contributed by atoms with Crippen LogP contribution in [0.2, 0.25) is 0 Å². The number of rotatable bonds is 5. The first kappa shape index (κ1) is 22.4.